The van der Waals surface area contributed by atoms with Crippen LogP contribution in [0.2, 0.25) is 5.02 Å². The molecule has 3 rings (SSSR count). The number of nitrogens with one attached hydrogen (secondary N) is 1. The van der Waals surface area contributed by atoms with Crippen molar-refractivity contribution < 1.29 is 9.53 Å². The van der Waals surface area contributed by atoms with Gasteiger partial charge in [-0.25, -0.2) is 4.68 Å². The summed E-state index contributed by atoms with van der Waals surface area (Å²) >= 11 is 5.85. The Morgan fingerprint density at radius 2 is 1.92 bits per heavy atom. The molecule has 0 spiro atoms. The molecule has 1 amide bonds. The van der Waals surface area contributed by atoms with Crippen molar-refractivity contribution in [3.05, 3.63) is 70.5 Å². The largest absolute Gasteiger partial charge is 0.496 e. The summed E-state index contributed by atoms with van der Waals surface area (Å²) in [5.74, 6) is 0.454. The Balaban J connectivity index is 1.78. The van der Waals surface area contributed by atoms with Crippen molar-refractivity contribution in [3.63, 3.8) is 0 Å². The van der Waals surface area contributed by atoms with Gasteiger partial charge in [0.2, 0.25) is 0 Å². The van der Waals surface area contributed by atoms with Crippen LogP contribution in [0, 0.1) is 6.92 Å². The van der Waals surface area contributed by atoms with E-state index < -0.39 is 0 Å². The van der Waals surface area contributed by atoms with Crippen LogP contribution in [-0.4, -0.2) is 28.0 Å². The standard InChI is InChI=1S/C18H17ClN4O2/c1-12-17(18(24)20-15-9-7-14(19)8-10-15)21-22-23(12)11-13-5-3-4-6-16(13)25-2/h3-10H,11H2,1-2H3,(H,20,24). The summed E-state index contributed by atoms with van der Waals surface area (Å²) < 4.78 is 7.02. The maximum Gasteiger partial charge on any atom is 0.278 e. The smallest absolute Gasteiger partial charge is 0.278 e. The Morgan fingerprint density at radius 1 is 1.20 bits per heavy atom. The zero-order valence-electron chi connectivity index (χ0n) is 13.9. The van der Waals surface area contributed by atoms with Gasteiger partial charge in [-0.1, -0.05) is 35.0 Å². The minimum absolute atomic E-state index is 0.282. The molecule has 0 aliphatic heterocycles. The van der Waals surface area contributed by atoms with Gasteiger partial charge in [-0.2, -0.15) is 0 Å². The van der Waals surface area contributed by atoms with Gasteiger partial charge in [0, 0.05) is 16.3 Å². The third-order valence-corrected chi connectivity index (χ3v) is 4.06. The van der Waals surface area contributed by atoms with Crippen molar-refractivity contribution in [2.75, 3.05) is 12.4 Å². The second-order valence-corrected chi connectivity index (χ2v) is 5.89. The first-order valence-electron chi connectivity index (χ1n) is 7.67. The van der Waals surface area contributed by atoms with Crippen LogP contribution in [0.3, 0.4) is 0 Å². The molecule has 128 valence electrons. The number of nitrogens with zero attached hydrogens (tertiary/aromatic N) is 3. The third-order valence-electron chi connectivity index (χ3n) is 3.81. The summed E-state index contributed by atoms with van der Waals surface area (Å²) in [5, 5.41) is 11.5. The van der Waals surface area contributed by atoms with E-state index in [4.69, 9.17) is 16.3 Å². The Hall–Kier alpha value is -2.86. The predicted molar refractivity (Wildman–Crippen MR) is 96.3 cm³/mol. The Morgan fingerprint density at radius 3 is 2.64 bits per heavy atom. The van der Waals surface area contributed by atoms with Crippen LogP contribution >= 0.6 is 11.6 Å². The second kappa shape index (κ2) is 7.36. The van der Waals surface area contributed by atoms with Crippen molar-refractivity contribution >= 4 is 23.2 Å². The molecule has 0 unspecified atom stereocenters. The molecule has 0 fully saturated rings. The number of aromatic nitrogens is 3. The van der Waals surface area contributed by atoms with Crippen molar-refractivity contribution in [1.29, 1.82) is 0 Å². The summed E-state index contributed by atoms with van der Waals surface area (Å²) in [5.41, 5.74) is 2.57. The number of anilines is 1. The summed E-state index contributed by atoms with van der Waals surface area (Å²) in [6.45, 7) is 2.28. The van der Waals surface area contributed by atoms with Gasteiger partial charge in [0.05, 0.1) is 19.3 Å². The Labute approximate surface area is 150 Å². The maximum absolute atomic E-state index is 12.4. The van der Waals surface area contributed by atoms with E-state index in [-0.39, 0.29) is 11.6 Å². The first-order valence-corrected chi connectivity index (χ1v) is 8.05. The van der Waals surface area contributed by atoms with E-state index in [0.717, 1.165) is 11.3 Å². The average molecular weight is 357 g/mol. The quantitative estimate of drug-likeness (QED) is 0.759. The van der Waals surface area contributed by atoms with Crippen LogP contribution in [0.5, 0.6) is 5.75 Å². The number of rotatable bonds is 5. The first kappa shape index (κ1) is 17.0. The SMILES string of the molecule is COc1ccccc1Cn1nnc(C(=O)Nc2ccc(Cl)cc2)c1C. The van der Waals surface area contributed by atoms with Crippen LogP contribution in [0.1, 0.15) is 21.7 Å². The van der Waals surface area contributed by atoms with Crippen molar-refractivity contribution in [3.8, 4) is 5.75 Å². The topological polar surface area (TPSA) is 69.0 Å². The highest BCUT2D eigenvalue weighted by Gasteiger charge is 2.17. The van der Waals surface area contributed by atoms with E-state index in [1.54, 1.807) is 36.1 Å². The van der Waals surface area contributed by atoms with Gasteiger partial charge in [-0.05, 0) is 37.3 Å². The molecule has 0 atom stereocenters. The molecule has 3 aromatic rings. The zero-order valence-corrected chi connectivity index (χ0v) is 14.6. The average Bonchev–Trinajstić information content (AvgIpc) is 2.98. The minimum Gasteiger partial charge on any atom is -0.496 e. The highest BCUT2D eigenvalue weighted by atomic mass is 35.5. The second-order valence-electron chi connectivity index (χ2n) is 5.45. The molecule has 0 aliphatic rings. The van der Waals surface area contributed by atoms with E-state index in [2.05, 4.69) is 15.6 Å². The van der Waals surface area contributed by atoms with Crippen LogP contribution in [-0.2, 0) is 6.54 Å². The van der Waals surface area contributed by atoms with Crippen LogP contribution in [0.15, 0.2) is 48.5 Å². The van der Waals surface area contributed by atoms with E-state index in [1.165, 1.54) is 0 Å². The molecule has 1 N–H and O–H groups in total. The number of halogens is 1. The molecule has 0 saturated carbocycles. The molecule has 7 heteroatoms. The summed E-state index contributed by atoms with van der Waals surface area (Å²) in [4.78, 5) is 12.4. The number of hydrogen-bond acceptors (Lipinski definition) is 4. The van der Waals surface area contributed by atoms with E-state index >= 15 is 0 Å². The Bertz CT molecular complexity index is 890. The van der Waals surface area contributed by atoms with Gasteiger partial charge >= 0.3 is 0 Å². The lowest BCUT2D eigenvalue weighted by atomic mass is 10.2. The number of ether oxygens (including phenoxy) is 1. The highest BCUT2D eigenvalue weighted by Crippen LogP contribution is 2.20. The number of para-hydroxylation sites is 1. The van der Waals surface area contributed by atoms with Gasteiger partial charge in [0.15, 0.2) is 5.69 Å². The van der Waals surface area contributed by atoms with Gasteiger partial charge in [-0.15, -0.1) is 5.10 Å². The molecular weight excluding hydrogens is 340 g/mol. The molecule has 0 bridgehead atoms. The number of amides is 1. The lowest BCUT2D eigenvalue weighted by molar-refractivity contribution is 0.102. The first-order chi connectivity index (χ1) is 12.1. The summed E-state index contributed by atoms with van der Waals surface area (Å²) in [6, 6.07) is 14.6. The lowest BCUT2D eigenvalue weighted by Crippen LogP contribution is -2.14. The van der Waals surface area contributed by atoms with E-state index in [9.17, 15) is 4.79 Å². The predicted octanol–water partition coefficient (Wildman–Crippen LogP) is 3.55. The molecule has 6 nitrogen and oxygen atoms in total. The zero-order chi connectivity index (χ0) is 17.8. The van der Waals surface area contributed by atoms with Crippen molar-refractivity contribution in [1.82, 2.24) is 15.0 Å². The van der Waals surface area contributed by atoms with Gasteiger partial charge in [-0.3, -0.25) is 4.79 Å². The molecule has 1 heterocycles. The fourth-order valence-electron chi connectivity index (χ4n) is 2.44. The molecular formula is C18H17ClN4O2. The summed E-state index contributed by atoms with van der Waals surface area (Å²) in [7, 11) is 1.62. The highest BCUT2D eigenvalue weighted by molar-refractivity contribution is 6.30. The summed E-state index contributed by atoms with van der Waals surface area (Å²) in [6.07, 6.45) is 0. The third kappa shape index (κ3) is 3.80. The molecule has 0 aliphatic carbocycles. The number of hydrogen-bond donors (Lipinski definition) is 1. The molecule has 2 aromatic carbocycles. The van der Waals surface area contributed by atoms with Crippen molar-refractivity contribution in [2.24, 2.45) is 0 Å². The van der Waals surface area contributed by atoms with E-state index in [0.29, 0.717) is 22.9 Å². The normalized spacial score (nSPS) is 10.5. The van der Waals surface area contributed by atoms with Crippen molar-refractivity contribution in [2.45, 2.75) is 13.5 Å². The van der Waals surface area contributed by atoms with Gasteiger partial charge < -0.3 is 10.1 Å². The van der Waals surface area contributed by atoms with Gasteiger partial charge in [0.25, 0.3) is 5.91 Å². The molecule has 25 heavy (non-hydrogen) atoms. The van der Waals surface area contributed by atoms with Crippen LogP contribution < -0.4 is 10.1 Å². The maximum atomic E-state index is 12.4. The fourth-order valence-corrected chi connectivity index (χ4v) is 2.56. The molecule has 0 saturated heterocycles. The molecule has 0 radical (unpaired) electrons. The number of methoxy groups -OCH3 is 1. The number of carbonyl (C=O) groups excluding carboxylic acids is 1. The van der Waals surface area contributed by atoms with Gasteiger partial charge in [0.1, 0.15) is 5.75 Å². The minimum atomic E-state index is -0.314. The monoisotopic (exact) mass is 356 g/mol. The lowest BCUT2D eigenvalue weighted by Gasteiger charge is -2.09. The Kier molecular flexibility index (Phi) is 5.00. The molecule has 1 aromatic heterocycles. The fraction of sp³-hybridized carbons (Fsp3) is 0.167. The van der Waals surface area contributed by atoms with E-state index in [1.807, 2.05) is 31.2 Å². The number of benzene rings is 2. The number of carbonyl (C=O) groups is 1. The van der Waals surface area contributed by atoms with Crippen LogP contribution in [0.4, 0.5) is 5.69 Å². The van der Waals surface area contributed by atoms with Crippen LogP contribution in [0.25, 0.3) is 0 Å².